The Kier molecular flexibility index (Phi) is 3.67. The number of hydrogen-bond acceptors (Lipinski definition) is 2. The topological polar surface area (TPSA) is 59.8 Å². The molecule has 1 aromatic carbocycles. The molecule has 4 rings (SSSR count). The predicted molar refractivity (Wildman–Crippen MR) is 99.3 cm³/mol. The van der Waals surface area contributed by atoms with Crippen LogP contribution in [0.1, 0.15) is 43.1 Å². The van der Waals surface area contributed by atoms with Crippen molar-refractivity contribution in [1.29, 1.82) is 0 Å². The number of fused-ring (bicyclic) bond motifs is 2. The summed E-state index contributed by atoms with van der Waals surface area (Å²) in [5.41, 5.74) is 3.80. The van der Waals surface area contributed by atoms with Crippen LogP contribution in [0, 0.1) is 12.8 Å². The Labute approximate surface area is 145 Å². The smallest absolute Gasteiger partial charge is 0.276 e. The van der Waals surface area contributed by atoms with E-state index in [0.29, 0.717) is 23.4 Å². The van der Waals surface area contributed by atoms with E-state index in [1.807, 2.05) is 23.6 Å². The minimum atomic E-state index is -0.0513. The Bertz CT molecular complexity index is 1070. The number of aromatic amines is 1. The molecule has 3 aromatic rings. The van der Waals surface area contributed by atoms with Crippen molar-refractivity contribution in [2.24, 2.45) is 5.92 Å². The minimum absolute atomic E-state index is 0.0148. The molecule has 1 N–H and O–H groups in total. The van der Waals surface area contributed by atoms with E-state index in [4.69, 9.17) is 0 Å². The third-order valence-corrected chi connectivity index (χ3v) is 5.17. The Morgan fingerprint density at radius 3 is 2.76 bits per heavy atom. The third kappa shape index (κ3) is 2.46. The lowest BCUT2D eigenvalue weighted by Gasteiger charge is -2.18. The van der Waals surface area contributed by atoms with Gasteiger partial charge in [0.15, 0.2) is 0 Å². The number of benzene rings is 1. The maximum absolute atomic E-state index is 12.8. The van der Waals surface area contributed by atoms with Gasteiger partial charge in [0.1, 0.15) is 0 Å². The first kappa shape index (κ1) is 15.9. The van der Waals surface area contributed by atoms with Gasteiger partial charge in [0.25, 0.3) is 11.1 Å². The second-order valence-electron chi connectivity index (χ2n) is 7.40. The van der Waals surface area contributed by atoms with Crippen LogP contribution in [-0.2, 0) is 13.0 Å². The molecule has 5 heteroatoms. The number of H-pyrrole nitrogens is 1. The molecule has 5 nitrogen and oxygen atoms in total. The lowest BCUT2D eigenvalue weighted by molar-refractivity contribution is 0.476. The lowest BCUT2D eigenvalue weighted by Crippen LogP contribution is -2.27. The first-order valence-corrected chi connectivity index (χ1v) is 8.90. The second-order valence-corrected chi connectivity index (χ2v) is 7.40. The number of aryl methyl sites for hydroxylation is 2. The fourth-order valence-electron chi connectivity index (χ4n) is 4.12. The van der Waals surface area contributed by atoms with Gasteiger partial charge in [0.2, 0.25) is 0 Å². The molecule has 0 amide bonds. The molecule has 1 unspecified atom stereocenters. The summed E-state index contributed by atoms with van der Waals surface area (Å²) in [6, 6.07) is 9.86. The maximum Gasteiger partial charge on any atom is 0.276 e. The van der Waals surface area contributed by atoms with Gasteiger partial charge >= 0.3 is 0 Å². The standard InChI is InChI=1S/C20H23N3O2/c1-12(2)11-22-20(25)19-13(3)23(18(24)10-16(19)21-22)17-9-8-14-6-4-5-7-15(14)17/h4-7,10,12,17,21H,8-9,11H2,1-3H3. The molecule has 0 saturated heterocycles. The van der Waals surface area contributed by atoms with Crippen LogP contribution in [0.25, 0.3) is 10.9 Å². The summed E-state index contributed by atoms with van der Waals surface area (Å²) < 4.78 is 3.43. The van der Waals surface area contributed by atoms with Crippen molar-refractivity contribution in [3.63, 3.8) is 0 Å². The first-order chi connectivity index (χ1) is 12.0. The lowest BCUT2D eigenvalue weighted by atomic mass is 10.1. The van der Waals surface area contributed by atoms with E-state index in [2.05, 4.69) is 31.1 Å². The minimum Gasteiger partial charge on any atom is -0.304 e. The van der Waals surface area contributed by atoms with Crippen LogP contribution in [0.4, 0.5) is 0 Å². The van der Waals surface area contributed by atoms with Gasteiger partial charge in [-0.05, 0) is 36.8 Å². The molecule has 1 aliphatic rings. The molecule has 0 saturated carbocycles. The van der Waals surface area contributed by atoms with E-state index >= 15 is 0 Å². The van der Waals surface area contributed by atoms with Crippen LogP contribution in [0.2, 0.25) is 0 Å². The van der Waals surface area contributed by atoms with Gasteiger partial charge < -0.3 is 4.57 Å². The molecule has 0 radical (unpaired) electrons. The van der Waals surface area contributed by atoms with Crippen LogP contribution in [0.5, 0.6) is 0 Å². The molecule has 2 aromatic heterocycles. The second kappa shape index (κ2) is 5.76. The Morgan fingerprint density at radius 1 is 1.24 bits per heavy atom. The zero-order chi connectivity index (χ0) is 17.7. The van der Waals surface area contributed by atoms with Crippen molar-refractivity contribution in [2.75, 3.05) is 0 Å². The molecular weight excluding hydrogens is 314 g/mol. The normalized spacial score (nSPS) is 16.7. The summed E-state index contributed by atoms with van der Waals surface area (Å²) in [5, 5.41) is 3.73. The van der Waals surface area contributed by atoms with Crippen molar-refractivity contribution < 1.29 is 0 Å². The van der Waals surface area contributed by atoms with Gasteiger partial charge in [-0.15, -0.1) is 0 Å². The summed E-state index contributed by atoms with van der Waals surface area (Å²) in [6.07, 6.45) is 1.87. The van der Waals surface area contributed by atoms with Gasteiger partial charge in [0, 0.05) is 18.3 Å². The van der Waals surface area contributed by atoms with Gasteiger partial charge in [-0.25, -0.2) is 0 Å². The SMILES string of the molecule is Cc1c2c(=O)n(CC(C)C)[nH]c2cc(=O)n1C1CCc2ccccc21. The van der Waals surface area contributed by atoms with E-state index in [0.717, 1.165) is 18.5 Å². The largest absolute Gasteiger partial charge is 0.304 e. The molecule has 2 heterocycles. The van der Waals surface area contributed by atoms with Crippen LogP contribution in [-0.4, -0.2) is 14.3 Å². The van der Waals surface area contributed by atoms with E-state index in [1.165, 1.54) is 11.1 Å². The number of nitrogens with zero attached hydrogens (tertiary/aromatic N) is 2. The van der Waals surface area contributed by atoms with E-state index in [1.54, 1.807) is 10.7 Å². The molecular formula is C20H23N3O2. The highest BCUT2D eigenvalue weighted by Crippen LogP contribution is 2.34. The quantitative estimate of drug-likeness (QED) is 0.799. The van der Waals surface area contributed by atoms with Crippen LogP contribution < -0.4 is 11.1 Å². The molecule has 1 atom stereocenters. The van der Waals surface area contributed by atoms with Gasteiger partial charge in [0.05, 0.1) is 16.9 Å². The van der Waals surface area contributed by atoms with Gasteiger partial charge in [-0.1, -0.05) is 38.1 Å². The predicted octanol–water partition coefficient (Wildman–Crippen LogP) is 2.99. The Balaban J connectivity index is 1.93. The molecule has 0 bridgehead atoms. The number of aromatic nitrogens is 3. The molecule has 25 heavy (non-hydrogen) atoms. The first-order valence-electron chi connectivity index (χ1n) is 8.90. The Hall–Kier alpha value is -2.56. The van der Waals surface area contributed by atoms with Crippen LogP contribution >= 0.6 is 0 Å². The van der Waals surface area contributed by atoms with Gasteiger partial charge in [-0.2, -0.15) is 0 Å². The zero-order valence-electron chi connectivity index (χ0n) is 14.9. The summed E-state index contributed by atoms with van der Waals surface area (Å²) in [7, 11) is 0. The van der Waals surface area contributed by atoms with Crippen molar-refractivity contribution in [1.82, 2.24) is 14.3 Å². The van der Waals surface area contributed by atoms with Crippen LogP contribution in [0.3, 0.4) is 0 Å². The molecule has 130 valence electrons. The van der Waals surface area contributed by atoms with Crippen molar-refractivity contribution >= 4 is 10.9 Å². The highest BCUT2D eigenvalue weighted by Gasteiger charge is 2.27. The van der Waals surface area contributed by atoms with Gasteiger partial charge in [-0.3, -0.25) is 19.4 Å². The number of pyridine rings is 1. The highest BCUT2D eigenvalue weighted by molar-refractivity contribution is 5.80. The van der Waals surface area contributed by atoms with Crippen molar-refractivity contribution in [3.8, 4) is 0 Å². The van der Waals surface area contributed by atoms with Crippen molar-refractivity contribution in [2.45, 2.75) is 46.2 Å². The van der Waals surface area contributed by atoms with Crippen LogP contribution in [0.15, 0.2) is 39.9 Å². The molecule has 0 spiro atoms. The maximum atomic E-state index is 12.8. The summed E-state index contributed by atoms with van der Waals surface area (Å²) in [5.74, 6) is 0.353. The molecule has 0 fully saturated rings. The van der Waals surface area contributed by atoms with E-state index < -0.39 is 0 Å². The highest BCUT2D eigenvalue weighted by atomic mass is 16.1. The molecule has 0 aliphatic heterocycles. The average Bonchev–Trinajstić information content (AvgIpc) is 3.09. The number of hydrogen-bond donors (Lipinski definition) is 1. The van der Waals surface area contributed by atoms with E-state index in [-0.39, 0.29) is 17.2 Å². The van der Waals surface area contributed by atoms with Crippen molar-refractivity contribution in [3.05, 3.63) is 67.9 Å². The average molecular weight is 337 g/mol. The monoisotopic (exact) mass is 337 g/mol. The summed E-state index contributed by atoms with van der Waals surface area (Å²) in [4.78, 5) is 25.7. The zero-order valence-corrected chi connectivity index (χ0v) is 14.9. The molecule has 1 aliphatic carbocycles. The summed E-state index contributed by atoms with van der Waals surface area (Å²) >= 11 is 0. The number of rotatable bonds is 3. The third-order valence-electron chi connectivity index (χ3n) is 5.17. The Morgan fingerprint density at radius 2 is 2.00 bits per heavy atom. The summed E-state index contributed by atoms with van der Waals surface area (Å²) in [6.45, 7) is 6.64. The fourth-order valence-corrected chi connectivity index (χ4v) is 4.12. The number of nitrogens with one attached hydrogen (secondary N) is 1. The van der Waals surface area contributed by atoms with E-state index in [9.17, 15) is 9.59 Å². The fraction of sp³-hybridized carbons (Fsp3) is 0.400.